The number of hydrogen-bond donors (Lipinski definition) is 1. The van der Waals surface area contributed by atoms with E-state index in [-0.39, 0.29) is 41.2 Å². The number of anilines is 1. The van der Waals surface area contributed by atoms with E-state index in [9.17, 15) is 18.0 Å². The topological polar surface area (TPSA) is 96.0 Å². The molecule has 0 bridgehead atoms. The van der Waals surface area contributed by atoms with Crippen molar-refractivity contribution in [2.75, 3.05) is 18.0 Å². The van der Waals surface area contributed by atoms with Crippen LogP contribution in [-0.4, -0.2) is 50.9 Å². The van der Waals surface area contributed by atoms with Gasteiger partial charge in [0, 0.05) is 24.0 Å². The van der Waals surface area contributed by atoms with E-state index in [0.29, 0.717) is 17.0 Å². The lowest BCUT2D eigenvalue weighted by molar-refractivity contribution is -0.140. The van der Waals surface area contributed by atoms with Crippen molar-refractivity contribution in [2.45, 2.75) is 64.1 Å². The molecule has 0 fully saturated rings. The second kappa shape index (κ2) is 16.0. The van der Waals surface area contributed by atoms with E-state index < -0.39 is 28.5 Å². The van der Waals surface area contributed by atoms with Crippen LogP contribution in [0.25, 0.3) is 0 Å². The quantitative estimate of drug-likeness (QED) is 0.160. The van der Waals surface area contributed by atoms with Crippen molar-refractivity contribution in [3.8, 4) is 5.75 Å². The van der Waals surface area contributed by atoms with E-state index in [1.54, 1.807) is 54.6 Å². The number of aryl methyl sites for hydroxylation is 2. The van der Waals surface area contributed by atoms with Crippen LogP contribution in [0.4, 0.5) is 5.69 Å². The molecule has 4 aromatic carbocycles. The van der Waals surface area contributed by atoms with Crippen LogP contribution >= 0.6 is 11.6 Å². The summed E-state index contributed by atoms with van der Waals surface area (Å²) >= 11 is 6.59. The second-order valence-electron chi connectivity index (χ2n) is 11.6. The fourth-order valence-corrected chi connectivity index (χ4v) is 6.76. The third-order valence-electron chi connectivity index (χ3n) is 8.06. The van der Waals surface area contributed by atoms with Gasteiger partial charge < -0.3 is 15.0 Å². The predicted octanol–water partition coefficient (Wildman–Crippen LogP) is 6.72. The zero-order valence-corrected chi connectivity index (χ0v) is 29.0. The molecule has 2 amide bonds. The SMILES string of the molecule is CC[C@@H](C)NC(=O)[C@H](Cc1ccccc1)N(Cc1ccccc1Cl)C(=O)CN(c1cc(C)ccc1OC)S(=O)(=O)c1ccc(C)cc1. The van der Waals surface area contributed by atoms with Gasteiger partial charge in [-0.25, -0.2) is 8.42 Å². The average molecular weight is 676 g/mol. The molecule has 0 saturated carbocycles. The molecule has 0 aliphatic rings. The first-order valence-corrected chi connectivity index (χ1v) is 17.4. The number of methoxy groups -OCH3 is 1. The van der Waals surface area contributed by atoms with Crippen LogP contribution in [0.1, 0.15) is 42.5 Å². The van der Waals surface area contributed by atoms with Crippen molar-refractivity contribution in [1.29, 1.82) is 0 Å². The first kappa shape index (κ1) is 35.5. The van der Waals surface area contributed by atoms with Gasteiger partial charge in [0.05, 0.1) is 17.7 Å². The first-order chi connectivity index (χ1) is 22.4. The van der Waals surface area contributed by atoms with Gasteiger partial charge in [-0.15, -0.1) is 0 Å². The zero-order valence-electron chi connectivity index (χ0n) is 27.4. The molecule has 248 valence electrons. The maximum absolute atomic E-state index is 14.7. The molecule has 2 atom stereocenters. The highest BCUT2D eigenvalue weighted by molar-refractivity contribution is 7.92. The highest BCUT2D eigenvalue weighted by atomic mass is 35.5. The van der Waals surface area contributed by atoms with Crippen molar-refractivity contribution in [1.82, 2.24) is 10.2 Å². The molecule has 4 aromatic rings. The van der Waals surface area contributed by atoms with E-state index in [4.69, 9.17) is 16.3 Å². The Balaban J connectivity index is 1.87. The number of benzene rings is 4. The van der Waals surface area contributed by atoms with Crippen LogP contribution < -0.4 is 14.4 Å². The van der Waals surface area contributed by atoms with Gasteiger partial charge in [-0.05, 0) is 74.2 Å². The molecule has 47 heavy (non-hydrogen) atoms. The van der Waals surface area contributed by atoms with E-state index in [2.05, 4.69) is 5.32 Å². The van der Waals surface area contributed by atoms with Crippen LogP contribution in [0, 0.1) is 13.8 Å². The summed E-state index contributed by atoms with van der Waals surface area (Å²) in [5.74, 6) is -0.638. The molecule has 10 heteroatoms. The van der Waals surface area contributed by atoms with Crippen molar-refractivity contribution in [3.05, 3.63) is 124 Å². The Morgan fingerprint density at radius 1 is 0.894 bits per heavy atom. The van der Waals surface area contributed by atoms with Gasteiger partial charge in [0.15, 0.2) is 0 Å². The normalized spacial score (nSPS) is 12.6. The fourth-order valence-electron chi connectivity index (χ4n) is 5.15. The van der Waals surface area contributed by atoms with Crippen molar-refractivity contribution in [3.63, 3.8) is 0 Å². The molecule has 0 saturated heterocycles. The number of rotatable bonds is 14. The smallest absolute Gasteiger partial charge is 0.264 e. The van der Waals surface area contributed by atoms with Crippen LogP contribution in [0.2, 0.25) is 5.02 Å². The Kier molecular flexibility index (Phi) is 12.1. The van der Waals surface area contributed by atoms with Gasteiger partial charge in [-0.3, -0.25) is 13.9 Å². The summed E-state index contributed by atoms with van der Waals surface area (Å²) in [6, 6.07) is 27.0. The van der Waals surface area contributed by atoms with E-state index in [0.717, 1.165) is 21.0 Å². The number of hydrogen-bond acceptors (Lipinski definition) is 5. The van der Waals surface area contributed by atoms with Crippen LogP contribution in [-0.2, 0) is 32.6 Å². The third-order valence-corrected chi connectivity index (χ3v) is 10.2. The Hall–Kier alpha value is -4.34. The Morgan fingerprint density at radius 2 is 1.53 bits per heavy atom. The van der Waals surface area contributed by atoms with Gasteiger partial charge in [0.25, 0.3) is 10.0 Å². The van der Waals surface area contributed by atoms with Gasteiger partial charge >= 0.3 is 0 Å². The Labute approximate surface area is 283 Å². The number of carbonyl (C=O) groups is 2. The molecule has 1 N–H and O–H groups in total. The zero-order chi connectivity index (χ0) is 34.1. The average Bonchev–Trinajstić information content (AvgIpc) is 3.06. The van der Waals surface area contributed by atoms with Gasteiger partial charge in [0.1, 0.15) is 18.3 Å². The Morgan fingerprint density at radius 3 is 2.17 bits per heavy atom. The molecule has 0 unspecified atom stereocenters. The number of carbonyl (C=O) groups excluding carboxylic acids is 2. The third kappa shape index (κ3) is 8.93. The van der Waals surface area contributed by atoms with E-state index >= 15 is 0 Å². The molecule has 0 heterocycles. The molecule has 0 aliphatic heterocycles. The number of nitrogens with one attached hydrogen (secondary N) is 1. The molecule has 0 aromatic heterocycles. The molecular formula is C37H42ClN3O5S. The summed E-state index contributed by atoms with van der Waals surface area (Å²) in [5, 5.41) is 3.47. The molecule has 8 nitrogen and oxygen atoms in total. The first-order valence-electron chi connectivity index (χ1n) is 15.6. The number of amides is 2. The minimum absolute atomic E-state index is 0.0205. The number of nitrogens with zero attached hydrogens (tertiary/aromatic N) is 2. The number of ether oxygens (including phenoxy) is 1. The van der Waals surface area contributed by atoms with Gasteiger partial charge in [-0.1, -0.05) is 90.8 Å². The van der Waals surface area contributed by atoms with Crippen molar-refractivity contribution >= 4 is 39.1 Å². The minimum atomic E-state index is -4.28. The standard InChI is InChI=1S/C37H42ClN3O5S/c1-6-28(4)39-37(43)34(23-29-12-8-7-9-13-29)40(24-30-14-10-11-15-32(30)38)36(42)25-41(33-22-27(3)18-21-35(33)46-5)47(44,45)31-19-16-26(2)17-20-31/h7-22,28,34H,6,23-25H2,1-5H3,(H,39,43)/t28-,34+/m1/s1. The van der Waals surface area contributed by atoms with Gasteiger partial charge in [-0.2, -0.15) is 0 Å². The maximum Gasteiger partial charge on any atom is 0.264 e. The lowest BCUT2D eigenvalue weighted by Crippen LogP contribution is -2.54. The molecule has 0 radical (unpaired) electrons. The monoisotopic (exact) mass is 675 g/mol. The molecule has 0 spiro atoms. The summed E-state index contributed by atoms with van der Waals surface area (Å²) < 4.78 is 35.4. The highest BCUT2D eigenvalue weighted by Gasteiger charge is 2.36. The lowest BCUT2D eigenvalue weighted by Gasteiger charge is -2.34. The summed E-state index contributed by atoms with van der Waals surface area (Å²) in [4.78, 5) is 30.2. The van der Waals surface area contributed by atoms with Crippen LogP contribution in [0.5, 0.6) is 5.75 Å². The van der Waals surface area contributed by atoms with E-state index in [1.807, 2.05) is 58.0 Å². The van der Waals surface area contributed by atoms with Crippen LogP contribution in [0.3, 0.4) is 0 Å². The number of sulfonamides is 1. The summed E-state index contributed by atoms with van der Waals surface area (Å²) in [7, 11) is -2.83. The summed E-state index contributed by atoms with van der Waals surface area (Å²) in [6.45, 7) is 6.95. The molecular weight excluding hydrogens is 634 g/mol. The summed E-state index contributed by atoms with van der Waals surface area (Å²) in [5.41, 5.74) is 3.35. The molecule has 0 aliphatic carbocycles. The Bertz CT molecular complexity index is 1780. The number of halogens is 1. The van der Waals surface area contributed by atoms with Gasteiger partial charge in [0.2, 0.25) is 11.8 Å². The lowest BCUT2D eigenvalue weighted by atomic mass is 10.0. The van der Waals surface area contributed by atoms with Crippen molar-refractivity contribution < 1.29 is 22.7 Å². The second-order valence-corrected chi connectivity index (χ2v) is 13.9. The molecule has 4 rings (SSSR count). The van der Waals surface area contributed by atoms with Crippen molar-refractivity contribution in [2.24, 2.45) is 0 Å². The predicted molar refractivity (Wildman–Crippen MR) is 187 cm³/mol. The maximum atomic E-state index is 14.7. The fraction of sp³-hybridized carbons (Fsp3) is 0.297. The largest absolute Gasteiger partial charge is 0.495 e. The van der Waals surface area contributed by atoms with E-state index in [1.165, 1.54) is 24.1 Å². The summed E-state index contributed by atoms with van der Waals surface area (Å²) in [6.07, 6.45) is 0.899. The minimum Gasteiger partial charge on any atom is -0.495 e. The van der Waals surface area contributed by atoms with Crippen LogP contribution in [0.15, 0.2) is 102 Å². The highest BCUT2D eigenvalue weighted by Crippen LogP contribution is 2.34.